The fourth-order valence-corrected chi connectivity index (χ4v) is 4.93. The molecule has 1 aliphatic rings. The van der Waals surface area contributed by atoms with Crippen LogP contribution in [-0.4, -0.2) is 23.3 Å². The Morgan fingerprint density at radius 2 is 2.10 bits per heavy atom. The number of aromatic nitrogens is 1. The Balaban J connectivity index is 2.06. The van der Waals surface area contributed by atoms with Gasteiger partial charge in [0.15, 0.2) is 0 Å². The molecule has 3 atom stereocenters. The second kappa shape index (κ2) is 7.46. The van der Waals surface area contributed by atoms with Gasteiger partial charge in [-0.1, -0.05) is 19.8 Å². The smallest absolute Gasteiger partial charge is 0.0968 e. The van der Waals surface area contributed by atoms with Crippen molar-refractivity contribution in [3.63, 3.8) is 0 Å². The number of hydrogen-bond donors (Lipinski definition) is 1. The topological polar surface area (TPSA) is 24.9 Å². The normalized spacial score (nSPS) is 26.7. The highest BCUT2D eigenvalue weighted by atomic mass is 32.2. The van der Waals surface area contributed by atoms with Crippen molar-refractivity contribution < 1.29 is 0 Å². The van der Waals surface area contributed by atoms with Gasteiger partial charge in [0.05, 0.1) is 5.03 Å². The first-order chi connectivity index (χ1) is 9.62. The van der Waals surface area contributed by atoms with Crippen molar-refractivity contribution in [3.05, 3.63) is 23.4 Å². The van der Waals surface area contributed by atoms with Gasteiger partial charge in [0.25, 0.3) is 0 Å². The van der Waals surface area contributed by atoms with Crippen molar-refractivity contribution in [1.29, 1.82) is 0 Å². The van der Waals surface area contributed by atoms with Crippen molar-refractivity contribution in [2.24, 2.45) is 5.92 Å². The molecular weight excluding hydrogens is 264 g/mol. The van der Waals surface area contributed by atoms with Gasteiger partial charge in [0, 0.05) is 17.0 Å². The number of thioether (sulfide) groups is 1. The van der Waals surface area contributed by atoms with E-state index in [1.807, 2.05) is 11.8 Å². The minimum absolute atomic E-state index is 0.635. The van der Waals surface area contributed by atoms with Gasteiger partial charge in [-0.3, -0.25) is 0 Å². The van der Waals surface area contributed by atoms with E-state index in [1.54, 1.807) is 0 Å². The molecule has 1 aromatic heterocycles. The average molecular weight is 292 g/mol. The number of nitrogens with one attached hydrogen (secondary N) is 1. The molecule has 1 N–H and O–H groups in total. The first-order valence-corrected chi connectivity index (χ1v) is 8.79. The summed E-state index contributed by atoms with van der Waals surface area (Å²) in [6, 6.07) is 5.02. The van der Waals surface area contributed by atoms with Crippen molar-refractivity contribution in [2.75, 3.05) is 7.05 Å². The van der Waals surface area contributed by atoms with E-state index in [0.717, 1.165) is 11.6 Å². The first-order valence-electron chi connectivity index (χ1n) is 7.91. The quantitative estimate of drug-likeness (QED) is 0.873. The Morgan fingerprint density at radius 1 is 1.30 bits per heavy atom. The van der Waals surface area contributed by atoms with Gasteiger partial charge in [0.2, 0.25) is 0 Å². The van der Waals surface area contributed by atoms with Crippen LogP contribution >= 0.6 is 11.8 Å². The highest BCUT2D eigenvalue weighted by molar-refractivity contribution is 7.99. The SMILES string of the molecule is CCCC1CCC(NC)C(Sc2cc(C)cc(C)n2)C1. The van der Waals surface area contributed by atoms with Gasteiger partial charge in [-0.05, 0) is 63.8 Å². The summed E-state index contributed by atoms with van der Waals surface area (Å²) >= 11 is 1.98. The van der Waals surface area contributed by atoms with Crippen LogP contribution in [-0.2, 0) is 0 Å². The van der Waals surface area contributed by atoms with Gasteiger partial charge < -0.3 is 5.32 Å². The Bertz CT molecular complexity index is 413. The fraction of sp³-hybridized carbons (Fsp3) is 0.706. The molecule has 20 heavy (non-hydrogen) atoms. The maximum absolute atomic E-state index is 4.70. The molecule has 3 unspecified atom stereocenters. The maximum Gasteiger partial charge on any atom is 0.0968 e. The van der Waals surface area contributed by atoms with E-state index in [-0.39, 0.29) is 0 Å². The van der Waals surface area contributed by atoms with Gasteiger partial charge in [-0.25, -0.2) is 4.98 Å². The van der Waals surface area contributed by atoms with Crippen LogP contribution in [0.15, 0.2) is 17.2 Å². The van der Waals surface area contributed by atoms with Crippen molar-refractivity contribution in [2.45, 2.75) is 69.2 Å². The van der Waals surface area contributed by atoms with E-state index in [9.17, 15) is 0 Å². The molecule has 0 bridgehead atoms. The predicted octanol–water partition coefficient (Wildman–Crippen LogP) is 4.35. The summed E-state index contributed by atoms with van der Waals surface area (Å²) in [5, 5.41) is 5.38. The fourth-order valence-electron chi connectivity index (χ4n) is 3.36. The van der Waals surface area contributed by atoms with E-state index in [0.29, 0.717) is 11.3 Å². The molecule has 1 heterocycles. The molecule has 0 aromatic carbocycles. The molecule has 0 radical (unpaired) electrons. The molecule has 0 amide bonds. The van der Waals surface area contributed by atoms with Crippen LogP contribution in [0.5, 0.6) is 0 Å². The Hall–Kier alpha value is -0.540. The van der Waals surface area contributed by atoms with E-state index in [1.165, 1.54) is 42.7 Å². The van der Waals surface area contributed by atoms with Crippen molar-refractivity contribution in [3.8, 4) is 0 Å². The Kier molecular flexibility index (Phi) is 5.91. The van der Waals surface area contributed by atoms with Crippen LogP contribution in [0.4, 0.5) is 0 Å². The van der Waals surface area contributed by atoms with Crippen molar-refractivity contribution in [1.82, 2.24) is 10.3 Å². The first kappa shape index (κ1) is 15.8. The number of hydrogen-bond acceptors (Lipinski definition) is 3. The number of aryl methyl sites for hydroxylation is 2. The van der Waals surface area contributed by atoms with Gasteiger partial charge in [0.1, 0.15) is 0 Å². The second-order valence-electron chi connectivity index (χ2n) is 6.14. The average Bonchev–Trinajstić information content (AvgIpc) is 2.38. The molecule has 2 rings (SSSR count). The minimum atomic E-state index is 0.635. The Morgan fingerprint density at radius 3 is 2.75 bits per heavy atom. The lowest BCUT2D eigenvalue weighted by Crippen LogP contribution is -2.40. The summed E-state index contributed by atoms with van der Waals surface area (Å²) < 4.78 is 0. The lowest BCUT2D eigenvalue weighted by molar-refractivity contribution is 0.295. The molecule has 1 aliphatic carbocycles. The number of nitrogens with zero attached hydrogens (tertiary/aromatic N) is 1. The predicted molar refractivity (Wildman–Crippen MR) is 88.5 cm³/mol. The lowest BCUT2D eigenvalue weighted by atomic mass is 9.83. The zero-order valence-corrected chi connectivity index (χ0v) is 14.1. The summed E-state index contributed by atoms with van der Waals surface area (Å²) in [5.41, 5.74) is 2.45. The highest BCUT2D eigenvalue weighted by Crippen LogP contribution is 2.37. The second-order valence-corrected chi connectivity index (χ2v) is 7.40. The van der Waals surface area contributed by atoms with Crippen LogP contribution in [0.2, 0.25) is 0 Å². The van der Waals surface area contributed by atoms with Crippen LogP contribution in [0.3, 0.4) is 0 Å². The summed E-state index contributed by atoms with van der Waals surface area (Å²) in [6.45, 7) is 6.56. The van der Waals surface area contributed by atoms with Crippen LogP contribution in [0, 0.1) is 19.8 Å². The Labute approximate surface area is 128 Å². The van der Waals surface area contributed by atoms with Gasteiger partial charge in [-0.15, -0.1) is 11.8 Å². The summed E-state index contributed by atoms with van der Waals surface area (Å²) in [4.78, 5) is 4.70. The maximum atomic E-state index is 4.70. The van der Waals surface area contributed by atoms with Crippen LogP contribution in [0.1, 0.15) is 50.3 Å². The molecule has 2 nitrogen and oxygen atoms in total. The third kappa shape index (κ3) is 4.23. The number of pyridine rings is 1. The van der Waals surface area contributed by atoms with Crippen molar-refractivity contribution >= 4 is 11.8 Å². The van der Waals surface area contributed by atoms with E-state index >= 15 is 0 Å². The summed E-state index contributed by atoms with van der Waals surface area (Å²) in [6.07, 6.45) is 6.72. The summed E-state index contributed by atoms with van der Waals surface area (Å²) in [7, 11) is 2.10. The molecular formula is C17H28N2S. The molecule has 3 heteroatoms. The highest BCUT2D eigenvalue weighted by Gasteiger charge is 2.30. The molecule has 0 spiro atoms. The summed E-state index contributed by atoms with van der Waals surface area (Å²) in [5.74, 6) is 0.910. The molecule has 112 valence electrons. The third-order valence-corrected chi connectivity index (χ3v) is 5.59. The lowest BCUT2D eigenvalue weighted by Gasteiger charge is -2.35. The largest absolute Gasteiger partial charge is 0.316 e. The number of rotatable bonds is 5. The van der Waals surface area contributed by atoms with Crippen LogP contribution in [0.25, 0.3) is 0 Å². The van der Waals surface area contributed by atoms with Gasteiger partial charge in [-0.2, -0.15) is 0 Å². The van der Waals surface area contributed by atoms with E-state index < -0.39 is 0 Å². The molecule has 1 fully saturated rings. The van der Waals surface area contributed by atoms with E-state index in [4.69, 9.17) is 4.98 Å². The molecule has 1 aromatic rings. The monoisotopic (exact) mass is 292 g/mol. The zero-order valence-electron chi connectivity index (χ0n) is 13.3. The minimum Gasteiger partial charge on any atom is -0.316 e. The van der Waals surface area contributed by atoms with Crippen LogP contribution < -0.4 is 5.32 Å². The molecule has 1 saturated carbocycles. The van der Waals surface area contributed by atoms with E-state index in [2.05, 4.69) is 45.3 Å². The van der Waals surface area contributed by atoms with Gasteiger partial charge >= 0.3 is 0 Å². The third-order valence-electron chi connectivity index (χ3n) is 4.31. The molecule has 0 saturated heterocycles. The zero-order chi connectivity index (χ0) is 14.5. The molecule has 0 aliphatic heterocycles. The standard InChI is InChI=1S/C17H28N2S/c1-5-6-14-7-8-15(18-4)16(11-14)20-17-10-12(2)9-13(3)19-17/h9-10,14-16,18H,5-8,11H2,1-4H3.